The molecule has 0 bridgehead atoms. The standard InChI is InChI=1S/C25H46N2O7/c1-8-19(33-23(29)9-2)15-22(32-7)20(26)11-12-21(34-24(30)10-3)18(5)25(31)17(4)13-14-27(6)16-28/h13-14,16-22,25,31H,8-12,15,26H2,1-7H3/b14-13+/t17-,18+,19-,20+,21-,22+,25-/m1/s1. The van der Waals surface area contributed by atoms with E-state index >= 15 is 0 Å². The molecule has 7 atom stereocenters. The van der Waals surface area contributed by atoms with Crippen LogP contribution in [0, 0.1) is 11.8 Å². The van der Waals surface area contributed by atoms with Gasteiger partial charge in [0.2, 0.25) is 6.41 Å². The molecule has 0 aromatic heterocycles. The molecule has 0 heterocycles. The third-order valence-corrected chi connectivity index (χ3v) is 6.13. The molecule has 0 saturated heterocycles. The molecule has 0 aliphatic rings. The fourth-order valence-corrected chi connectivity index (χ4v) is 3.62. The van der Waals surface area contributed by atoms with Crippen molar-refractivity contribution in [1.82, 2.24) is 4.90 Å². The number of methoxy groups -OCH3 is 1. The summed E-state index contributed by atoms with van der Waals surface area (Å²) in [5, 5.41) is 10.9. The Morgan fingerprint density at radius 1 is 1.03 bits per heavy atom. The minimum absolute atomic E-state index is 0.229. The molecule has 0 saturated carbocycles. The van der Waals surface area contributed by atoms with Crippen LogP contribution in [0.2, 0.25) is 0 Å². The Bertz CT molecular complexity index is 628. The lowest BCUT2D eigenvalue weighted by atomic mass is 9.86. The highest BCUT2D eigenvalue weighted by Crippen LogP contribution is 2.25. The monoisotopic (exact) mass is 486 g/mol. The van der Waals surface area contributed by atoms with E-state index < -0.39 is 12.2 Å². The van der Waals surface area contributed by atoms with Gasteiger partial charge in [0.05, 0.1) is 12.2 Å². The second-order valence-electron chi connectivity index (χ2n) is 8.83. The lowest BCUT2D eigenvalue weighted by molar-refractivity contribution is -0.154. The van der Waals surface area contributed by atoms with Crippen molar-refractivity contribution in [1.29, 1.82) is 0 Å². The number of ether oxygens (including phenoxy) is 3. The Labute approximate surface area is 205 Å². The minimum Gasteiger partial charge on any atom is -0.462 e. The molecule has 9 heteroatoms. The second kappa shape index (κ2) is 17.5. The Morgan fingerprint density at radius 2 is 1.62 bits per heavy atom. The van der Waals surface area contributed by atoms with E-state index in [2.05, 4.69) is 0 Å². The number of esters is 2. The summed E-state index contributed by atoms with van der Waals surface area (Å²) >= 11 is 0. The van der Waals surface area contributed by atoms with E-state index in [0.29, 0.717) is 38.5 Å². The molecule has 0 aromatic rings. The molecule has 3 N–H and O–H groups in total. The number of nitrogens with two attached hydrogens (primary N) is 1. The largest absolute Gasteiger partial charge is 0.462 e. The second-order valence-corrected chi connectivity index (χ2v) is 8.83. The lowest BCUT2D eigenvalue weighted by Crippen LogP contribution is -2.42. The first-order chi connectivity index (χ1) is 16.0. The van der Waals surface area contributed by atoms with Crippen molar-refractivity contribution in [2.24, 2.45) is 17.6 Å². The first-order valence-corrected chi connectivity index (χ1v) is 12.2. The number of carbonyl (C=O) groups is 3. The van der Waals surface area contributed by atoms with Gasteiger partial charge in [0, 0.05) is 57.5 Å². The molecule has 0 spiro atoms. The lowest BCUT2D eigenvalue weighted by Gasteiger charge is -2.32. The highest BCUT2D eigenvalue weighted by atomic mass is 16.5. The quantitative estimate of drug-likeness (QED) is 0.224. The number of hydrogen-bond acceptors (Lipinski definition) is 8. The van der Waals surface area contributed by atoms with Crippen molar-refractivity contribution in [3.63, 3.8) is 0 Å². The number of carbonyl (C=O) groups excluding carboxylic acids is 3. The summed E-state index contributed by atoms with van der Waals surface area (Å²) in [7, 11) is 3.18. The maximum atomic E-state index is 12.1. The highest BCUT2D eigenvalue weighted by Gasteiger charge is 2.31. The predicted octanol–water partition coefficient (Wildman–Crippen LogP) is 2.79. The molecule has 0 unspecified atom stereocenters. The molecular weight excluding hydrogens is 440 g/mol. The van der Waals surface area contributed by atoms with Crippen molar-refractivity contribution in [2.75, 3.05) is 14.2 Å². The van der Waals surface area contributed by atoms with Gasteiger partial charge in [-0.1, -0.05) is 40.7 Å². The van der Waals surface area contributed by atoms with E-state index in [9.17, 15) is 19.5 Å². The van der Waals surface area contributed by atoms with Crippen molar-refractivity contribution in [3.8, 4) is 0 Å². The average Bonchev–Trinajstić information content (AvgIpc) is 2.85. The molecule has 34 heavy (non-hydrogen) atoms. The maximum Gasteiger partial charge on any atom is 0.305 e. The number of rotatable bonds is 18. The fourth-order valence-electron chi connectivity index (χ4n) is 3.62. The Balaban J connectivity index is 5.25. The third-order valence-electron chi connectivity index (χ3n) is 6.13. The van der Waals surface area contributed by atoms with Crippen molar-refractivity contribution >= 4 is 18.3 Å². The summed E-state index contributed by atoms with van der Waals surface area (Å²) in [6.07, 6.45) is 4.67. The van der Waals surface area contributed by atoms with Crippen LogP contribution < -0.4 is 5.73 Å². The molecule has 0 aliphatic carbocycles. The van der Waals surface area contributed by atoms with Crippen molar-refractivity contribution < 1.29 is 33.7 Å². The van der Waals surface area contributed by atoms with Crippen LogP contribution in [0.3, 0.4) is 0 Å². The molecule has 0 aromatic carbocycles. The first-order valence-electron chi connectivity index (χ1n) is 12.2. The molecular formula is C25H46N2O7. The summed E-state index contributed by atoms with van der Waals surface area (Å²) in [4.78, 5) is 35.9. The van der Waals surface area contributed by atoms with E-state index in [1.807, 2.05) is 20.8 Å². The zero-order chi connectivity index (χ0) is 26.3. The summed E-state index contributed by atoms with van der Waals surface area (Å²) < 4.78 is 16.7. The topological polar surface area (TPSA) is 128 Å². The summed E-state index contributed by atoms with van der Waals surface area (Å²) in [6, 6.07) is -0.370. The Morgan fingerprint density at radius 3 is 2.12 bits per heavy atom. The van der Waals surface area contributed by atoms with Gasteiger partial charge in [-0.05, 0) is 19.3 Å². The highest BCUT2D eigenvalue weighted by molar-refractivity contribution is 5.69. The molecule has 198 valence electrons. The van der Waals surface area contributed by atoms with Gasteiger partial charge >= 0.3 is 11.9 Å². The smallest absolute Gasteiger partial charge is 0.305 e. The van der Waals surface area contributed by atoms with Gasteiger partial charge in [0.25, 0.3) is 0 Å². The van der Waals surface area contributed by atoms with Crippen LogP contribution in [0.5, 0.6) is 0 Å². The number of nitrogens with zero attached hydrogens (tertiary/aromatic N) is 1. The summed E-state index contributed by atoms with van der Waals surface area (Å²) in [5.41, 5.74) is 6.42. The van der Waals surface area contributed by atoms with Gasteiger partial charge in [-0.2, -0.15) is 0 Å². The number of hydrogen-bond donors (Lipinski definition) is 2. The van der Waals surface area contributed by atoms with Gasteiger partial charge in [-0.3, -0.25) is 14.4 Å². The van der Waals surface area contributed by atoms with E-state index in [1.165, 1.54) is 4.90 Å². The van der Waals surface area contributed by atoms with Crippen LogP contribution in [0.25, 0.3) is 0 Å². The molecule has 9 nitrogen and oxygen atoms in total. The van der Waals surface area contributed by atoms with Crippen LogP contribution in [0.1, 0.15) is 73.1 Å². The normalized spacial score (nSPS) is 17.8. The van der Waals surface area contributed by atoms with E-state index in [0.717, 1.165) is 0 Å². The Kier molecular flexibility index (Phi) is 16.5. The van der Waals surface area contributed by atoms with Gasteiger partial charge in [0.15, 0.2) is 0 Å². The minimum atomic E-state index is -0.793. The van der Waals surface area contributed by atoms with E-state index in [-0.39, 0.29) is 48.4 Å². The third kappa shape index (κ3) is 11.9. The van der Waals surface area contributed by atoms with Crippen LogP contribution in [0.4, 0.5) is 0 Å². The van der Waals surface area contributed by atoms with Crippen molar-refractivity contribution in [2.45, 2.75) is 104 Å². The van der Waals surface area contributed by atoms with Gasteiger partial charge in [-0.15, -0.1) is 0 Å². The number of amides is 1. The SMILES string of the molecule is CCC(=O)O[C@H](CC)C[C@H](OC)[C@@H](N)CC[C@@H](OC(=O)CC)[C@H](C)[C@H](O)[C@H](C)/C=C/N(C)C=O. The zero-order valence-electron chi connectivity index (χ0n) is 21.9. The first kappa shape index (κ1) is 32.0. The summed E-state index contributed by atoms with van der Waals surface area (Å²) in [6.45, 7) is 9.08. The number of aliphatic hydroxyl groups is 1. The van der Waals surface area contributed by atoms with E-state index in [4.69, 9.17) is 19.9 Å². The molecule has 0 fully saturated rings. The average molecular weight is 487 g/mol. The van der Waals surface area contributed by atoms with Crippen LogP contribution in [-0.2, 0) is 28.6 Å². The Hall–Kier alpha value is -1.97. The molecule has 0 radical (unpaired) electrons. The van der Waals surface area contributed by atoms with Gasteiger partial charge in [0.1, 0.15) is 12.2 Å². The van der Waals surface area contributed by atoms with Crippen molar-refractivity contribution in [3.05, 3.63) is 12.3 Å². The van der Waals surface area contributed by atoms with Gasteiger partial charge in [-0.25, -0.2) is 0 Å². The fraction of sp³-hybridized carbons (Fsp3) is 0.800. The summed E-state index contributed by atoms with van der Waals surface area (Å²) in [5.74, 6) is -1.23. The molecule has 1 amide bonds. The van der Waals surface area contributed by atoms with E-state index in [1.54, 1.807) is 40.3 Å². The van der Waals surface area contributed by atoms with Gasteiger partial charge < -0.3 is 30.0 Å². The maximum absolute atomic E-state index is 12.1. The zero-order valence-corrected chi connectivity index (χ0v) is 21.9. The number of aliphatic hydroxyl groups excluding tert-OH is 1. The van der Waals surface area contributed by atoms with Crippen LogP contribution >= 0.6 is 0 Å². The molecule has 0 rings (SSSR count). The van der Waals surface area contributed by atoms with Crippen LogP contribution in [0.15, 0.2) is 12.3 Å². The van der Waals surface area contributed by atoms with Crippen LogP contribution in [-0.4, -0.2) is 73.0 Å². The molecule has 0 aliphatic heterocycles. The predicted molar refractivity (Wildman–Crippen MR) is 131 cm³/mol.